The Morgan fingerprint density at radius 1 is 1.43 bits per heavy atom. The Kier molecular flexibility index (Phi) is 5.16. The highest BCUT2D eigenvalue weighted by molar-refractivity contribution is 5.97. The summed E-state index contributed by atoms with van der Waals surface area (Å²) in [6, 6.07) is 6.26. The summed E-state index contributed by atoms with van der Waals surface area (Å²) in [7, 11) is 0. The van der Waals surface area contributed by atoms with Gasteiger partial charge in [-0.1, -0.05) is 12.1 Å². The van der Waals surface area contributed by atoms with Crippen LogP contribution >= 0.6 is 0 Å². The molecule has 1 saturated carbocycles. The molecule has 1 aromatic carbocycles. The maximum absolute atomic E-state index is 11.6. The topological polar surface area (TPSA) is 93.4 Å². The fourth-order valence-electron chi connectivity index (χ4n) is 1.92. The Morgan fingerprint density at radius 2 is 2.19 bits per heavy atom. The third-order valence-corrected chi connectivity index (χ3v) is 3.27. The normalized spacial score (nSPS) is 15.3. The van der Waals surface area contributed by atoms with Crippen LogP contribution in [0.1, 0.15) is 25.3 Å². The number of benzene rings is 1. The van der Waals surface area contributed by atoms with Gasteiger partial charge in [0.25, 0.3) is 0 Å². The van der Waals surface area contributed by atoms with E-state index < -0.39 is 18.0 Å². The number of nitrogens with two attached hydrogens (primary N) is 1. The number of ether oxygens (including phenoxy) is 1. The third-order valence-electron chi connectivity index (χ3n) is 3.27. The summed E-state index contributed by atoms with van der Waals surface area (Å²) in [5, 5.41) is 5.07. The molecule has 3 amide bonds. The number of imide groups is 1. The molecule has 6 nitrogen and oxygen atoms in total. The van der Waals surface area contributed by atoms with Crippen molar-refractivity contribution < 1.29 is 14.3 Å². The molecule has 0 aromatic heterocycles. The van der Waals surface area contributed by atoms with Crippen LogP contribution in [0.4, 0.5) is 10.5 Å². The van der Waals surface area contributed by atoms with Gasteiger partial charge in [-0.3, -0.25) is 10.1 Å². The minimum absolute atomic E-state index is 0.460. The highest BCUT2D eigenvalue weighted by atomic mass is 16.5. The van der Waals surface area contributed by atoms with Crippen molar-refractivity contribution in [3.8, 4) is 0 Å². The van der Waals surface area contributed by atoms with E-state index in [0.29, 0.717) is 6.61 Å². The first-order valence-electron chi connectivity index (χ1n) is 7.08. The highest BCUT2D eigenvalue weighted by Crippen LogP contribution is 2.29. The number of nitrogens with one attached hydrogen (secondary N) is 2. The van der Waals surface area contributed by atoms with Crippen molar-refractivity contribution in [3.05, 3.63) is 29.8 Å². The van der Waals surface area contributed by atoms with E-state index in [1.807, 2.05) is 29.6 Å². The van der Waals surface area contributed by atoms with Gasteiger partial charge in [0.1, 0.15) is 6.04 Å². The number of primary amides is 1. The number of carbonyl (C=O) groups excluding carboxylic acids is 2. The first-order valence-corrected chi connectivity index (χ1v) is 7.08. The SMILES string of the molecule is C[C@@H](Nc1cccc(COCC2CC2)c1)C(=O)NC(N)=O. The predicted molar refractivity (Wildman–Crippen MR) is 79.6 cm³/mol. The van der Waals surface area contributed by atoms with Crippen molar-refractivity contribution in [1.82, 2.24) is 5.32 Å². The van der Waals surface area contributed by atoms with Gasteiger partial charge in [0.15, 0.2) is 0 Å². The monoisotopic (exact) mass is 291 g/mol. The molecular formula is C15H21N3O3. The molecule has 0 saturated heterocycles. The molecule has 1 atom stereocenters. The molecule has 0 aliphatic heterocycles. The van der Waals surface area contributed by atoms with Gasteiger partial charge in [-0.25, -0.2) is 4.79 Å². The lowest BCUT2D eigenvalue weighted by Gasteiger charge is -2.14. The number of hydrogen-bond donors (Lipinski definition) is 3. The fraction of sp³-hybridized carbons (Fsp3) is 0.467. The van der Waals surface area contributed by atoms with Crippen LogP contribution in [0.5, 0.6) is 0 Å². The molecule has 114 valence electrons. The van der Waals surface area contributed by atoms with E-state index >= 15 is 0 Å². The zero-order valence-electron chi connectivity index (χ0n) is 12.1. The molecule has 0 radical (unpaired) electrons. The molecule has 1 fully saturated rings. The van der Waals surface area contributed by atoms with Crippen LogP contribution in [0.2, 0.25) is 0 Å². The molecule has 0 unspecified atom stereocenters. The van der Waals surface area contributed by atoms with Crippen molar-refractivity contribution in [1.29, 1.82) is 0 Å². The number of hydrogen-bond acceptors (Lipinski definition) is 4. The Hall–Kier alpha value is -2.08. The second-order valence-electron chi connectivity index (χ2n) is 5.38. The van der Waals surface area contributed by atoms with Gasteiger partial charge in [0.05, 0.1) is 6.61 Å². The van der Waals surface area contributed by atoms with Gasteiger partial charge < -0.3 is 15.8 Å². The lowest BCUT2D eigenvalue weighted by molar-refractivity contribution is -0.120. The summed E-state index contributed by atoms with van der Waals surface area (Å²) in [5.74, 6) is 0.279. The van der Waals surface area contributed by atoms with E-state index in [1.54, 1.807) is 6.92 Å². The van der Waals surface area contributed by atoms with Crippen LogP contribution in [-0.2, 0) is 16.1 Å². The summed E-state index contributed by atoms with van der Waals surface area (Å²) in [5.41, 5.74) is 6.76. The van der Waals surface area contributed by atoms with Gasteiger partial charge in [0.2, 0.25) is 5.91 Å². The summed E-state index contributed by atoms with van der Waals surface area (Å²) in [4.78, 5) is 22.2. The minimum atomic E-state index is -0.851. The first kappa shape index (κ1) is 15.3. The predicted octanol–water partition coefficient (Wildman–Crippen LogP) is 1.61. The van der Waals surface area contributed by atoms with Crippen LogP contribution in [0, 0.1) is 5.92 Å². The first-order chi connectivity index (χ1) is 10.0. The van der Waals surface area contributed by atoms with E-state index in [9.17, 15) is 9.59 Å². The third kappa shape index (κ3) is 5.43. The maximum atomic E-state index is 11.6. The Balaban J connectivity index is 1.84. The van der Waals surface area contributed by atoms with E-state index in [4.69, 9.17) is 10.5 Å². The summed E-state index contributed by atoms with van der Waals surface area (Å²) < 4.78 is 5.64. The summed E-state index contributed by atoms with van der Waals surface area (Å²) in [6.07, 6.45) is 2.54. The van der Waals surface area contributed by atoms with E-state index in [-0.39, 0.29) is 0 Å². The number of amides is 3. The van der Waals surface area contributed by atoms with Crippen LogP contribution in [0.3, 0.4) is 0 Å². The molecule has 4 N–H and O–H groups in total. The van der Waals surface area contributed by atoms with E-state index in [0.717, 1.165) is 23.8 Å². The van der Waals surface area contributed by atoms with Crippen molar-refractivity contribution >= 4 is 17.6 Å². The quantitative estimate of drug-likeness (QED) is 0.711. The number of anilines is 1. The lowest BCUT2D eigenvalue weighted by Crippen LogP contribution is -2.43. The molecule has 1 aliphatic rings. The average Bonchev–Trinajstić information content (AvgIpc) is 3.22. The zero-order valence-corrected chi connectivity index (χ0v) is 12.1. The Labute approximate surface area is 124 Å². The minimum Gasteiger partial charge on any atom is -0.376 e. The second-order valence-corrected chi connectivity index (χ2v) is 5.38. The number of carbonyl (C=O) groups is 2. The molecule has 21 heavy (non-hydrogen) atoms. The van der Waals surface area contributed by atoms with Gasteiger partial charge >= 0.3 is 6.03 Å². The Morgan fingerprint density at radius 3 is 2.86 bits per heavy atom. The fourth-order valence-corrected chi connectivity index (χ4v) is 1.92. The van der Waals surface area contributed by atoms with Gasteiger partial charge in [-0.05, 0) is 43.4 Å². The maximum Gasteiger partial charge on any atom is 0.318 e. The molecule has 1 aliphatic carbocycles. The molecule has 0 bridgehead atoms. The average molecular weight is 291 g/mol. The van der Waals surface area contributed by atoms with Crippen LogP contribution in [-0.4, -0.2) is 24.6 Å². The van der Waals surface area contributed by atoms with E-state index in [1.165, 1.54) is 12.8 Å². The van der Waals surface area contributed by atoms with Crippen molar-refractivity contribution in [3.63, 3.8) is 0 Å². The zero-order chi connectivity index (χ0) is 15.2. The summed E-state index contributed by atoms with van der Waals surface area (Å²) in [6.45, 7) is 3.04. The second kappa shape index (κ2) is 7.08. The standard InChI is InChI=1S/C15H21N3O3/c1-10(14(19)18-15(16)20)17-13-4-2-3-12(7-13)9-21-8-11-5-6-11/h2-4,7,10-11,17H,5-6,8-9H2,1H3,(H3,16,18,19,20)/t10-/m1/s1. The molecular weight excluding hydrogens is 270 g/mol. The van der Waals surface area contributed by atoms with Crippen molar-refractivity contribution in [2.75, 3.05) is 11.9 Å². The van der Waals surface area contributed by atoms with Crippen LogP contribution < -0.4 is 16.4 Å². The highest BCUT2D eigenvalue weighted by Gasteiger charge is 2.21. The van der Waals surface area contributed by atoms with Gasteiger partial charge in [-0.2, -0.15) is 0 Å². The number of rotatable bonds is 7. The largest absolute Gasteiger partial charge is 0.376 e. The molecule has 0 spiro atoms. The lowest BCUT2D eigenvalue weighted by atomic mass is 10.2. The van der Waals surface area contributed by atoms with Gasteiger partial charge in [-0.15, -0.1) is 0 Å². The van der Waals surface area contributed by atoms with Crippen molar-refractivity contribution in [2.45, 2.75) is 32.4 Å². The van der Waals surface area contributed by atoms with E-state index in [2.05, 4.69) is 5.32 Å². The molecule has 1 aromatic rings. The van der Waals surface area contributed by atoms with Crippen LogP contribution in [0.15, 0.2) is 24.3 Å². The van der Waals surface area contributed by atoms with Gasteiger partial charge in [0, 0.05) is 12.3 Å². The smallest absolute Gasteiger partial charge is 0.318 e. The van der Waals surface area contributed by atoms with Crippen LogP contribution in [0.25, 0.3) is 0 Å². The molecule has 6 heteroatoms. The summed E-state index contributed by atoms with van der Waals surface area (Å²) >= 11 is 0. The number of urea groups is 1. The Bertz CT molecular complexity index is 515. The molecule has 2 rings (SSSR count). The van der Waals surface area contributed by atoms with Crippen molar-refractivity contribution in [2.24, 2.45) is 11.7 Å². The molecule has 0 heterocycles.